The van der Waals surface area contributed by atoms with Gasteiger partial charge in [0.25, 0.3) is 11.5 Å². The van der Waals surface area contributed by atoms with Crippen LogP contribution < -0.4 is 11.0 Å². The lowest BCUT2D eigenvalue weighted by atomic mass is 10.1. The molecule has 8 nitrogen and oxygen atoms in total. The number of aromatic hydroxyl groups is 1. The van der Waals surface area contributed by atoms with Crippen LogP contribution in [0, 0.1) is 13.8 Å². The first-order valence-electron chi connectivity index (χ1n) is 12.6. The fraction of sp³-hybridized carbons (Fsp3) is 0.129. The van der Waals surface area contributed by atoms with Gasteiger partial charge in [0.15, 0.2) is 5.16 Å². The number of fused-ring (bicyclic) bond motifs is 1. The Morgan fingerprint density at radius 3 is 2.27 bits per heavy atom. The molecule has 0 saturated carbocycles. The smallest absolute Gasteiger partial charge is 0.271 e. The van der Waals surface area contributed by atoms with Gasteiger partial charge in [-0.25, -0.2) is 15.4 Å². The SMILES string of the molecule is Cc1cc(C)nc(SCc2ccc(C(=O)NN=Cc3c(O)n(Cc4ccccc4)c(=O)c4ccccc34)cc2)n1. The number of pyridine rings is 1. The lowest BCUT2D eigenvalue weighted by Crippen LogP contribution is -2.23. The lowest BCUT2D eigenvalue weighted by Gasteiger charge is -2.13. The maximum Gasteiger partial charge on any atom is 0.271 e. The lowest BCUT2D eigenvalue weighted by molar-refractivity contribution is 0.0955. The number of thioether (sulfide) groups is 1. The molecule has 2 heterocycles. The number of aromatic nitrogens is 3. The molecule has 0 aliphatic carbocycles. The summed E-state index contributed by atoms with van der Waals surface area (Å²) in [5, 5.41) is 16.9. The number of hydrogen-bond donors (Lipinski definition) is 2. The number of hydrogen-bond acceptors (Lipinski definition) is 7. The predicted molar refractivity (Wildman–Crippen MR) is 158 cm³/mol. The van der Waals surface area contributed by atoms with Crippen molar-refractivity contribution in [1.29, 1.82) is 0 Å². The molecule has 0 aliphatic rings. The van der Waals surface area contributed by atoms with Gasteiger partial charge in [-0.2, -0.15) is 5.10 Å². The van der Waals surface area contributed by atoms with Crippen molar-refractivity contribution in [3.8, 4) is 5.88 Å². The van der Waals surface area contributed by atoms with E-state index in [0.29, 0.717) is 27.7 Å². The van der Waals surface area contributed by atoms with Crippen LogP contribution in [0.15, 0.2) is 100.0 Å². The number of amides is 1. The number of carbonyl (C=O) groups is 1. The Hall–Kier alpha value is -4.76. The molecule has 0 atom stereocenters. The third-order valence-corrected chi connectivity index (χ3v) is 7.20. The van der Waals surface area contributed by atoms with E-state index in [9.17, 15) is 14.7 Å². The summed E-state index contributed by atoms with van der Waals surface area (Å²) in [4.78, 5) is 34.8. The Morgan fingerprint density at radius 1 is 0.925 bits per heavy atom. The topological polar surface area (TPSA) is 109 Å². The fourth-order valence-electron chi connectivity index (χ4n) is 4.33. The van der Waals surface area contributed by atoms with Crippen LogP contribution in [-0.2, 0) is 12.3 Å². The molecule has 5 aromatic rings. The Morgan fingerprint density at radius 2 is 1.57 bits per heavy atom. The van der Waals surface area contributed by atoms with Crippen LogP contribution in [0.3, 0.4) is 0 Å². The number of hydrazone groups is 1. The molecular weight excluding hydrogens is 522 g/mol. The Bertz CT molecular complexity index is 1750. The fourth-order valence-corrected chi connectivity index (χ4v) is 5.24. The number of nitrogens with one attached hydrogen (secondary N) is 1. The quantitative estimate of drug-likeness (QED) is 0.119. The van der Waals surface area contributed by atoms with Crippen molar-refractivity contribution in [1.82, 2.24) is 20.0 Å². The van der Waals surface area contributed by atoms with Crippen molar-refractivity contribution in [2.75, 3.05) is 0 Å². The molecule has 0 bridgehead atoms. The molecule has 0 radical (unpaired) electrons. The van der Waals surface area contributed by atoms with E-state index >= 15 is 0 Å². The zero-order chi connectivity index (χ0) is 28.1. The predicted octanol–water partition coefficient (Wildman–Crippen LogP) is 5.22. The average molecular weight is 550 g/mol. The second-order valence-corrected chi connectivity index (χ2v) is 10.2. The molecule has 0 spiro atoms. The summed E-state index contributed by atoms with van der Waals surface area (Å²) < 4.78 is 1.31. The van der Waals surface area contributed by atoms with E-state index in [2.05, 4.69) is 20.5 Å². The number of aryl methyl sites for hydroxylation is 2. The Kier molecular flexibility index (Phi) is 8.02. The van der Waals surface area contributed by atoms with Crippen LogP contribution in [0.4, 0.5) is 0 Å². The van der Waals surface area contributed by atoms with Gasteiger partial charge < -0.3 is 5.11 Å². The first-order valence-corrected chi connectivity index (χ1v) is 13.6. The number of benzene rings is 3. The minimum Gasteiger partial charge on any atom is -0.494 e. The highest BCUT2D eigenvalue weighted by atomic mass is 32.2. The minimum atomic E-state index is -0.394. The summed E-state index contributed by atoms with van der Waals surface area (Å²) in [6.45, 7) is 4.09. The number of rotatable bonds is 8. The summed E-state index contributed by atoms with van der Waals surface area (Å²) in [7, 11) is 0. The van der Waals surface area contributed by atoms with Gasteiger partial charge in [0.05, 0.1) is 18.3 Å². The minimum absolute atomic E-state index is 0.198. The highest BCUT2D eigenvalue weighted by Crippen LogP contribution is 2.24. The third-order valence-electron chi connectivity index (χ3n) is 6.28. The third kappa shape index (κ3) is 6.10. The van der Waals surface area contributed by atoms with E-state index in [-0.39, 0.29) is 18.0 Å². The summed E-state index contributed by atoms with van der Waals surface area (Å²) in [6.07, 6.45) is 1.37. The van der Waals surface area contributed by atoms with Gasteiger partial charge in [0, 0.05) is 33.5 Å². The summed E-state index contributed by atoms with van der Waals surface area (Å²) in [6, 6.07) is 25.6. The Labute approximate surface area is 235 Å². The Balaban J connectivity index is 1.31. The van der Waals surface area contributed by atoms with E-state index in [1.165, 1.54) is 22.5 Å². The first kappa shape index (κ1) is 26.8. The molecule has 5 rings (SSSR count). The van der Waals surface area contributed by atoms with Crippen LogP contribution >= 0.6 is 11.8 Å². The van der Waals surface area contributed by atoms with Crippen LogP contribution in [0.1, 0.15) is 38.4 Å². The molecular formula is C31H27N5O3S. The normalized spacial score (nSPS) is 11.2. The van der Waals surface area contributed by atoms with Crippen molar-refractivity contribution < 1.29 is 9.90 Å². The molecule has 0 saturated heterocycles. The molecule has 200 valence electrons. The van der Waals surface area contributed by atoms with Gasteiger partial charge in [0.1, 0.15) is 0 Å². The summed E-state index contributed by atoms with van der Waals surface area (Å²) in [5.74, 6) is 0.0586. The molecule has 1 amide bonds. The number of carbonyl (C=O) groups excluding carboxylic acids is 1. The van der Waals surface area contributed by atoms with Gasteiger partial charge in [-0.3, -0.25) is 14.2 Å². The summed E-state index contributed by atoms with van der Waals surface area (Å²) >= 11 is 1.54. The van der Waals surface area contributed by atoms with Crippen LogP contribution in [-0.4, -0.2) is 31.8 Å². The molecule has 0 unspecified atom stereocenters. The van der Waals surface area contributed by atoms with E-state index < -0.39 is 5.91 Å². The van der Waals surface area contributed by atoms with Gasteiger partial charge in [-0.05, 0) is 49.2 Å². The summed E-state index contributed by atoms with van der Waals surface area (Å²) in [5.41, 5.74) is 6.76. The highest BCUT2D eigenvalue weighted by molar-refractivity contribution is 7.98. The highest BCUT2D eigenvalue weighted by Gasteiger charge is 2.15. The van der Waals surface area contributed by atoms with Gasteiger partial charge in [-0.1, -0.05) is 72.4 Å². The van der Waals surface area contributed by atoms with E-state index in [4.69, 9.17) is 0 Å². The van der Waals surface area contributed by atoms with Crippen LogP contribution in [0.2, 0.25) is 0 Å². The standard InChI is InChI=1S/C31H27N5O3S/c1-20-16-21(2)34-31(33-20)40-19-23-12-14-24(15-13-23)28(37)35-32-17-27-25-10-6-7-11-26(25)29(38)36(30(27)39)18-22-8-4-3-5-9-22/h3-17,39H,18-19H2,1-2H3,(H,35,37). The van der Waals surface area contributed by atoms with E-state index in [0.717, 1.165) is 27.7 Å². The molecule has 9 heteroatoms. The molecule has 0 fully saturated rings. The zero-order valence-electron chi connectivity index (χ0n) is 22.0. The molecule has 2 N–H and O–H groups in total. The monoisotopic (exact) mass is 549 g/mol. The second-order valence-electron chi connectivity index (χ2n) is 9.28. The van der Waals surface area contributed by atoms with E-state index in [1.54, 1.807) is 36.4 Å². The largest absolute Gasteiger partial charge is 0.494 e. The van der Waals surface area contributed by atoms with Crippen molar-refractivity contribution in [3.05, 3.63) is 129 Å². The van der Waals surface area contributed by atoms with Crippen molar-refractivity contribution >= 4 is 34.7 Å². The van der Waals surface area contributed by atoms with Gasteiger partial charge in [0.2, 0.25) is 5.88 Å². The van der Waals surface area contributed by atoms with E-state index in [1.807, 2.05) is 62.4 Å². The van der Waals surface area contributed by atoms with Crippen molar-refractivity contribution in [2.24, 2.45) is 5.10 Å². The van der Waals surface area contributed by atoms with Crippen LogP contribution in [0.5, 0.6) is 5.88 Å². The van der Waals surface area contributed by atoms with Gasteiger partial charge >= 0.3 is 0 Å². The molecule has 3 aromatic carbocycles. The average Bonchev–Trinajstić information content (AvgIpc) is 2.96. The molecule has 2 aromatic heterocycles. The molecule has 40 heavy (non-hydrogen) atoms. The first-order chi connectivity index (χ1) is 19.4. The van der Waals surface area contributed by atoms with Gasteiger partial charge in [-0.15, -0.1) is 0 Å². The zero-order valence-corrected chi connectivity index (χ0v) is 22.9. The second kappa shape index (κ2) is 12.0. The molecule has 0 aliphatic heterocycles. The maximum absolute atomic E-state index is 13.1. The van der Waals surface area contributed by atoms with Crippen molar-refractivity contribution in [2.45, 2.75) is 31.3 Å². The van der Waals surface area contributed by atoms with Crippen molar-refractivity contribution in [3.63, 3.8) is 0 Å². The van der Waals surface area contributed by atoms with Crippen LogP contribution in [0.25, 0.3) is 10.8 Å². The number of nitrogens with zero attached hydrogens (tertiary/aromatic N) is 4. The maximum atomic E-state index is 13.1.